The number of rotatable bonds is 3. The fourth-order valence-electron chi connectivity index (χ4n) is 5.53. The zero-order valence-electron chi connectivity index (χ0n) is 22.9. The number of aryl methyl sites for hydroxylation is 3. The second-order valence-electron chi connectivity index (χ2n) is 10.4. The van der Waals surface area contributed by atoms with E-state index in [4.69, 9.17) is 15.1 Å². The minimum absolute atomic E-state index is 0.173. The maximum Gasteiger partial charge on any atom is 0.179 e. The van der Waals surface area contributed by atoms with Gasteiger partial charge in [-0.05, 0) is 86.0 Å². The molecule has 1 aromatic heterocycles. The first-order chi connectivity index (χ1) is 19.9. The molecule has 7 rings (SSSR count). The molecule has 0 spiro atoms. The predicted molar refractivity (Wildman–Crippen MR) is 163 cm³/mol. The second kappa shape index (κ2) is 9.38. The summed E-state index contributed by atoms with van der Waals surface area (Å²) in [5.74, 6) is 1.56. The number of benzene rings is 4. The molecule has 8 nitrogen and oxygen atoms in total. The topological polar surface area (TPSA) is 98.3 Å². The highest BCUT2D eigenvalue weighted by Gasteiger charge is 2.41. The van der Waals surface area contributed by atoms with Gasteiger partial charge in [-0.3, -0.25) is 0 Å². The molecule has 3 heterocycles. The number of aromatic hydroxyl groups is 2. The van der Waals surface area contributed by atoms with Crippen molar-refractivity contribution < 1.29 is 10.2 Å². The van der Waals surface area contributed by atoms with Gasteiger partial charge in [-0.25, -0.2) is 14.7 Å². The molecule has 8 heteroatoms. The van der Waals surface area contributed by atoms with Crippen molar-refractivity contribution in [3.8, 4) is 17.2 Å². The summed E-state index contributed by atoms with van der Waals surface area (Å²) >= 11 is 0. The van der Waals surface area contributed by atoms with Crippen LogP contribution in [-0.2, 0) is 0 Å². The van der Waals surface area contributed by atoms with Crippen LogP contribution < -0.4 is 10.2 Å². The molecule has 1 unspecified atom stereocenters. The van der Waals surface area contributed by atoms with Crippen molar-refractivity contribution in [3.63, 3.8) is 0 Å². The van der Waals surface area contributed by atoms with Gasteiger partial charge in [0, 0.05) is 11.3 Å². The third kappa shape index (κ3) is 4.03. The molecule has 4 aromatic carbocycles. The molecule has 2 aliphatic heterocycles. The largest absolute Gasteiger partial charge is 0.504 e. The van der Waals surface area contributed by atoms with E-state index < -0.39 is 6.04 Å². The third-order valence-corrected chi connectivity index (χ3v) is 7.72. The van der Waals surface area contributed by atoms with Gasteiger partial charge < -0.3 is 20.4 Å². The number of nitrogens with one attached hydrogen (secondary N) is 1. The van der Waals surface area contributed by atoms with Crippen molar-refractivity contribution in [1.82, 2.24) is 9.78 Å². The van der Waals surface area contributed by atoms with Crippen LogP contribution in [0.4, 0.5) is 22.9 Å². The third-order valence-electron chi connectivity index (χ3n) is 7.72. The molecule has 0 aliphatic carbocycles. The van der Waals surface area contributed by atoms with Crippen molar-refractivity contribution in [3.05, 3.63) is 119 Å². The summed E-state index contributed by atoms with van der Waals surface area (Å²) in [4.78, 5) is 12.4. The summed E-state index contributed by atoms with van der Waals surface area (Å²) in [6.07, 6.45) is 0. The molecule has 0 fully saturated rings. The van der Waals surface area contributed by atoms with Gasteiger partial charge in [0.15, 0.2) is 29.0 Å². The van der Waals surface area contributed by atoms with E-state index in [-0.39, 0.29) is 11.5 Å². The van der Waals surface area contributed by atoms with Gasteiger partial charge in [0.2, 0.25) is 0 Å². The number of phenols is 2. The highest BCUT2D eigenvalue weighted by atomic mass is 16.3. The quantitative estimate of drug-likeness (QED) is 0.214. The number of fused-ring (bicyclic) bond motifs is 4. The van der Waals surface area contributed by atoms with Crippen LogP contribution in [0.1, 0.15) is 34.0 Å². The average Bonchev–Trinajstić information content (AvgIpc) is 3.32. The molecular weight excluding hydrogens is 512 g/mol. The lowest BCUT2D eigenvalue weighted by atomic mass is 9.93. The summed E-state index contributed by atoms with van der Waals surface area (Å²) in [5.41, 5.74) is 8.36. The Morgan fingerprint density at radius 2 is 1.54 bits per heavy atom. The lowest BCUT2D eigenvalue weighted by Gasteiger charge is -2.40. The van der Waals surface area contributed by atoms with E-state index in [1.165, 1.54) is 17.2 Å². The highest BCUT2D eigenvalue weighted by Crippen LogP contribution is 2.49. The van der Waals surface area contributed by atoms with Crippen molar-refractivity contribution in [2.75, 3.05) is 10.2 Å². The lowest BCUT2D eigenvalue weighted by Crippen LogP contribution is -2.46. The normalized spacial score (nSPS) is 15.4. The van der Waals surface area contributed by atoms with Gasteiger partial charge in [0.05, 0.1) is 28.8 Å². The first kappa shape index (κ1) is 24.7. The number of hydrogen-bond donors (Lipinski definition) is 3. The van der Waals surface area contributed by atoms with Gasteiger partial charge in [-0.15, -0.1) is 0 Å². The van der Waals surface area contributed by atoms with Crippen LogP contribution in [0.3, 0.4) is 0 Å². The van der Waals surface area contributed by atoms with Crippen molar-refractivity contribution in [2.24, 2.45) is 9.98 Å². The Morgan fingerprint density at radius 3 is 2.32 bits per heavy atom. The Kier molecular flexibility index (Phi) is 5.64. The zero-order valence-corrected chi connectivity index (χ0v) is 22.9. The summed E-state index contributed by atoms with van der Waals surface area (Å²) < 4.78 is 1.86. The zero-order chi connectivity index (χ0) is 28.2. The minimum atomic E-state index is -0.408. The fraction of sp³-hybridized carbons (Fsp3) is 0.121. The average molecular weight is 541 g/mol. The Balaban J connectivity index is 1.50. The monoisotopic (exact) mass is 540 g/mol. The van der Waals surface area contributed by atoms with Crippen LogP contribution in [0.25, 0.3) is 5.69 Å². The van der Waals surface area contributed by atoms with Gasteiger partial charge in [-0.1, -0.05) is 42.5 Å². The molecule has 0 saturated carbocycles. The highest BCUT2D eigenvalue weighted by molar-refractivity contribution is 6.51. The number of amidine groups is 2. The van der Waals surface area contributed by atoms with Crippen LogP contribution in [-0.4, -0.2) is 31.7 Å². The first-order valence-electron chi connectivity index (χ1n) is 13.5. The Hall–Kier alpha value is -5.37. The van der Waals surface area contributed by atoms with E-state index in [2.05, 4.69) is 36.2 Å². The molecule has 1 atom stereocenters. The number of aromatic nitrogens is 2. The van der Waals surface area contributed by atoms with Crippen LogP contribution in [0.2, 0.25) is 0 Å². The molecule has 0 radical (unpaired) electrons. The minimum Gasteiger partial charge on any atom is -0.504 e. The second-order valence-corrected chi connectivity index (χ2v) is 10.4. The van der Waals surface area contributed by atoms with E-state index in [9.17, 15) is 10.2 Å². The molecule has 202 valence electrons. The molecule has 3 N–H and O–H groups in total. The number of aliphatic imine (C=N–C) groups is 2. The number of phenolic OH excluding ortho intramolecular Hbond substituents is 2. The van der Waals surface area contributed by atoms with Crippen LogP contribution in [0.15, 0.2) is 101 Å². The Bertz CT molecular complexity index is 1890. The summed E-state index contributed by atoms with van der Waals surface area (Å²) in [6, 6.07) is 28.6. The van der Waals surface area contributed by atoms with Crippen molar-refractivity contribution in [2.45, 2.75) is 26.8 Å². The molecule has 0 amide bonds. The van der Waals surface area contributed by atoms with E-state index >= 15 is 0 Å². The van der Waals surface area contributed by atoms with Gasteiger partial charge in [0.25, 0.3) is 0 Å². The molecule has 5 aromatic rings. The molecule has 0 bridgehead atoms. The number of para-hydroxylation sites is 3. The number of hydrogen-bond acceptors (Lipinski definition) is 7. The number of anilines is 2. The number of nitrogens with zero attached hydrogens (tertiary/aromatic N) is 5. The standard InChI is InChI=1S/C33H28N6O2/c1-19-13-15-23(17-20(19)2)34-31-33-36-32-29(21(3)37-39(32)24-9-5-4-6-10-24)30(22-14-16-27(40)28(41)18-22)38(33)26-12-8-7-11-25(26)35-31/h4-18,30,40-41H,1-3H3,(H,34,35). The summed E-state index contributed by atoms with van der Waals surface area (Å²) in [5, 5.41) is 29.2. The maximum atomic E-state index is 10.6. The molecule has 0 saturated heterocycles. The summed E-state index contributed by atoms with van der Waals surface area (Å²) in [7, 11) is 0. The lowest BCUT2D eigenvalue weighted by molar-refractivity contribution is 0.403. The molecular formula is C33H28N6O2. The first-order valence-corrected chi connectivity index (χ1v) is 13.5. The summed E-state index contributed by atoms with van der Waals surface area (Å²) in [6.45, 7) is 6.15. The van der Waals surface area contributed by atoms with Crippen LogP contribution in [0, 0.1) is 20.8 Å². The molecule has 2 aliphatic rings. The predicted octanol–water partition coefficient (Wildman–Crippen LogP) is 7.00. The smallest absolute Gasteiger partial charge is 0.179 e. The Morgan fingerprint density at radius 1 is 0.756 bits per heavy atom. The van der Waals surface area contributed by atoms with Gasteiger partial charge >= 0.3 is 0 Å². The Labute approximate surface area is 237 Å². The van der Waals surface area contributed by atoms with Crippen LogP contribution in [0.5, 0.6) is 11.5 Å². The SMILES string of the molecule is Cc1ccc(NC2=Nc3ccccc3N3C2=Nc2c(c(C)nn2-c2ccccc2)C3c2ccc(O)c(O)c2)cc1C. The maximum absolute atomic E-state index is 10.6. The van der Waals surface area contributed by atoms with E-state index in [1.807, 2.05) is 78.3 Å². The van der Waals surface area contributed by atoms with Gasteiger partial charge in [0.1, 0.15) is 0 Å². The molecule has 41 heavy (non-hydrogen) atoms. The van der Waals surface area contributed by atoms with E-state index in [0.29, 0.717) is 17.5 Å². The van der Waals surface area contributed by atoms with Gasteiger partial charge in [-0.2, -0.15) is 5.10 Å². The van der Waals surface area contributed by atoms with E-state index in [1.54, 1.807) is 6.07 Å². The van der Waals surface area contributed by atoms with E-state index in [0.717, 1.165) is 39.6 Å². The van der Waals surface area contributed by atoms with Crippen molar-refractivity contribution >= 4 is 34.6 Å². The van der Waals surface area contributed by atoms with Crippen molar-refractivity contribution in [1.29, 1.82) is 0 Å². The fourth-order valence-corrected chi connectivity index (χ4v) is 5.53. The van der Waals surface area contributed by atoms with Crippen LogP contribution >= 0.6 is 0 Å².